The number of nitrogens with zero attached hydrogens (tertiary/aromatic N) is 2. The van der Waals surface area contributed by atoms with E-state index in [1.54, 1.807) is 19.3 Å². The zero-order valence-corrected chi connectivity index (χ0v) is 12.9. The molecule has 1 amide bonds. The van der Waals surface area contributed by atoms with Crippen LogP contribution in [0.15, 0.2) is 41.1 Å². The van der Waals surface area contributed by atoms with Gasteiger partial charge in [-0.1, -0.05) is 0 Å². The third-order valence-electron chi connectivity index (χ3n) is 2.70. The van der Waals surface area contributed by atoms with Gasteiger partial charge in [-0.3, -0.25) is 9.48 Å². The van der Waals surface area contributed by atoms with Crippen molar-refractivity contribution in [2.45, 2.75) is 19.3 Å². The van der Waals surface area contributed by atoms with E-state index in [0.29, 0.717) is 5.69 Å². The molecule has 0 fully saturated rings. The number of hydrogen-bond acceptors (Lipinski definition) is 3. The molecule has 2 rings (SSSR count). The van der Waals surface area contributed by atoms with Gasteiger partial charge in [-0.05, 0) is 47.1 Å². The summed E-state index contributed by atoms with van der Waals surface area (Å²) in [6.07, 6.45) is -1.55. The number of rotatable bonds is 4. The van der Waals surface area contributed by atoms with Crippen molar-refractivity contribution in [1.82, 2.24) is 9.78 Å². The molecule has 1 N–H and O–H groups in total. The number of amides is 1. The van der Waals surface area contributed by atoms with E-state index in [9.17, 15) is 18.0 Å². The SMILES string of the molecule is CC(C(=O)Nc1ccc(OC(F)(F)F)cc1)n1cc(Br)cn1. The Morgan fingerprint density at radius 2 is 2.00 bits per heavy atom. The topological polar surface area (TPSA) is 56.1 Å². The molecule has 5 nitrogen and oxygen atoms in total. The van der Waals surface area contributed by atoms with Crippen LogP contribution in [0.4, 0.5) is 18.9 Å². The van der Waals surface area contributed by atoms with Gasteiger partial charge in [0.15, 0.2) is 0 Å². The molecule has 0 radical (unpaired) electrons. The van der Waals surface area contributed by atoms with Crippen molar-refractivity contribution in [1.29, 1.82) is 0 Å². The Morgan fingerprint density at radius 1 is 1.36 bits per heavy atom. The first-order chi connectivity index (χ1) is 10.2. The second kappa shape index (κ2) is 6.39. The number of carbonyl (C=O) groups is 1. The molecule has 0 spiro atoms. The Hall–Kier alpha value is -2.03. The number of benzene rings is 1. The molecule has 0 saturated heterocycles. The summed E-state index contributed by atoms with van der Waals surface area (Å²) in [5.41, 5.74) is 0.359. The van der Waals surface area contributed by atoms with Gasteiger partial charge in [0.05, 0.1) is 10.7 Å². The Morgan fingerprint density at radius 3 is 2.50 bits per heavy atom. The van der Waals surface area contributed by atoms with Crippen LogP contribution in [-0.4, -0.2) is 22.1 Å². The van der Waals surface area contributed by atoms with E-state index < -0.39 is 12.4 Å². The molecule has 1 heterocycles. The Balaban J connectivity index is 2.00. The first-order valence-electron chi connectivity index (χ1n) is 6.11. The van der Waals surface area contributed by atoms with Gasteiger partial charge in [0.1, 0.15) is 11.8 Å². The van der Waals surface area contributed by atoms with E-state index >= 15 is 0 Å². The van der Waals surface area contributed by atoms with Crippen LogP contribution >= 0.6 is 15.9 Å². The summed E-state index contributed by atoms with van der Waals surface area (Å²) >= 11 is 3.23. The van der Waals surface area contributed by atoms with Crippen LogP contribution in [0.2, 0.25) is 0 Å². The first-order valence-corrected chi connectivity index (χ1v) is 6.90. The number of ether oxygens (including phenoxy) is 1. The third kappa shape index (κ3) is 4.48. The molecule has 2 aromatic rings. The zero-order valence-electron chi connectivity index (χ0n) is 11.3. The van der Waals surface area contributed by atoms with Crippen LogP contribution in [0.3, 0.4) is 0 Å². The van der Waals surface area contributed by atoms with E-state index in [-0.39, 0.29) is 11.7 Å². The number of alkyl halides is 3. The maximum atomic E-state index is 12.0. The molecule has 0 aliphatic carbocycles. The minimum absolute atomic E-state index is 0.347. The predicted molar refractivity (Wildman–Crippen MR) is 76.4 cm³/mol. The zero-order chi connectivity index (χ0) is 16.3. The molecule has 1 atom stereocenters. The highest BCUT2D eigenvalue weighted by molar-refractivity contribution is 9.10. The Bertz CT molecular complexity index is 655. The molecular weight excluding hydrogens is 367 g/mol. The smallest absolute Gasteiger partial charge is 0.406 e. The number of aromatic nitrogens is 2. The van der Waals surface area contributed by atoms with Crippen LogP contribution in [0.1, 0.15) is 13.0 Å². The van der Waals surface area contributed by atoms with Gasteiger partial charge in [0.25, 0.3) is 0 Å². The van der Waals surface area contributed by atoms with Gasteiger partial charge in [0.2, 0.25) is 5.91 Å². The molecule has 22 heavy (non-hydrogen) atoms. The van der Waals surface area contributed by atoms with Crippen molar-refractivity contribution in [2.24, 2.45) is 0 Å². The van der Waals surface area contributed by atoms with E-state index in [0.717, 1.165) is 16.6 Å². The summed E-state index contributed by atoms with van der Waals surface area (Å²) in [6, 6.07) is 4.32. The average Bonchev–Trinajstić information content (AvgIpc) is 2.85. The second-order valence-electron chi connectivity index (χ2n) is 4.38. The van der Waals surface area contributed by atoms with Crippen molar-refractivity contribution >= 4 is 27.5 Å². The summed E-state index contributed by atoms with van der Waals surface area (Å²) in [4.78, 5) is 12.0. The van der Waals surface area contributed by atoms with Crippen LogP contribution in [0.5, 0.6) is 5.75 Å². The van der Waals surface area contributed by atoms with Gasteiger partial charge in [0, 0.05) is 11.9 Å². The maximum absolute atomic E-state index is 12.0. The summed E-state index contributed by atoms with van der Waals surface area (Å²) in [6.45, 7) is 1.65. The van der Waals surface area contributed by atoms with Crippen molar-refractivity contribution < 1.29 is 22.7 Å². The molecule has 9 heteroatoms. The molecule has 0 aliphatic heterocycles. The van der Waals surface area contributed by atoms with Crippen LogP contribution < -0.4 is 10.1 Å². The van der Waals surface area contributed by atoms with Crippen LogP contribution in [-0.2, 0) is 4.79 Å². The predicted octanol–water partition coefficient (Wildman–Crippen LogP) is 3.74. The molecular formula is C13H11BrF3N3O2. The van der Waals surface area contributed by atoms with Crippen molar-refractivity contribution in [2.75, 3.05) is 5.32 Å². The maximum Gasteiger partial charge on any atom is 0.573 e. The fraction of sp³-hybridized carbons (Fsp3) is 0.231. The number of nitrogens with one attached hydrogen (secondary N) is 1. The van der Waals surface area contributed by atoms with Gasteiger partial charge in [-0.15, -0.1) is 13.2 Å². The molecule has 0 saturated carbocycles. The lowest BCUT2D eigenvalue weighted by Gasteiger charge is -2.13. The number of hydrogen-bond donors (Lipinski definition) is 1. The highest BCUT2D eigenvalue weighted by Gasteiger charge is 2.31. The number of halogens is 4. The Kier molecular flexibility index (Phi) is 4.74. The molecule has 1 aromatic carbocycles. The van der Waals surface area contributed by atoms with Gasteiger partial charge >= 0.3 is 6.36 Å². The first kappa shape index (κ1) is 16.3. The Labute approximate surface area is 132 Å². The standard InChI is InChI=1S/C13H11BrF3N3O2/c1-8(20-7-9(14)6-18-20)12(21)19-10-2-4-11(5-3-10)22-13(15,16)17/h2-8H,1H3,(H,19,21). The van der Waals surface area contributed by atoms with Crippen molar-refractivity contribution in [3.8, 4) is 5.75 Å². The highest BCUT2D eigenvalue weighted by atomic mass is 79.9. The van der Waals surface area contributed by atoms with E-state index in [1.807, 2.05) is 0 Å². The van der Waals surface area contributed by atoms with Crippen LogP contribution in [0.25, 0.3) is 0 Å². The van der Waals surface area contributed by atoms with Crippen LogP contribution in [0, 0.1) is 0 Å². The minimum atomic E-state index is -4.74. The third-order valence-corrected chi connectivity index (χ3v) is 3.11. The fourth-order valence-corrected chi connectivity index (χ4v) is 1.93. The van der Waals surface area contributed by atoms with E-state index in [4.69, 9.17) is 0 Å². The van der Waals surface area contributed by atoms with E-state index in [1.165, 1.54) is 16.8 Å². The summed E-state index contributed by atoms with van der Waals surface area (Å²) < 4.78 is 42.1. The lowest BCUT2D eigenvalue weighted by atomic mass is 10.2. The largest absolute Gasteiger partial charge is 0.573 e. The summed E-state index contributed by atoms with van der Waals surface area (Å²) in [5, 5.41) is 6.58. The monoisotopic (exact) mass is 377 g/mol. The molecule has 0 aliphatic rings. The second-order valence-corrected chi connectivity index (χ2v) is 5.29. The summed E-state index contributed by atoms with van der Waals surface area (Å²) in [5.74, 6) is -0.699. The number of anilines is 1. The lowest BCUT2D eigenvalue weighted by Crippen LogP contribution is -2.24. The van der Waals surface area contributed by atoms with Crippen molar-refractivity contribution in [3.05, 3.63) is 41.1 Å². The normalized spacial score (nSPS) is 12.8. The molecule has 0 bridgehead atoms. The van der Waals surface area contributed by atoms with E-state index in [2.05, 4.69) is 31.1 Å². The van der Waals surface area contributed by atoms with Gasteiger partial charge in [-0.25, -0.2) is 0 Å². The summed E-state index contributed by atoms with van der Waals surface area (Å²) in [7, 11) is 0. The highest BCUT2D eigenvalue weighted by Crippen LogP contribution is 2.24. The average molecular weight is 378 g/mol. The molecule has 118 valence electrons. The van der Waals surface area contributed by atoms with Crippen molar-refractivity contribution in [3.63, 3.8) is 0 Å². The van der Waals surface area contributed by atoms with Gasteiger partial charge < -0.3 is 10.1 Å². The lowest BCUT2D eigenvalue weighted by molar-refractivity contribution is -0.274. The fourth-order valence-electron chi connectivity index (χ4n) is 1.63. The number of carbonyl (C=O) groups excluding carboxylic acids is 1. The molecule has 1 aromatic heterocycles. The quantitative estimate of drug-likeness (QED) is 0.882. The molecule has 1 unspecified atom stereocenters. The minimum Gasteiger partial charge on any atom is -0.406 e. The van der Waals surface area contributed by atoms with Gasteiger partial charge in [-0.2, -0.15) is 5.10 Å².